The van der Waals surface area contributed by atoms with Crippen molar-refractivity contribution >= 4 is 33.1 Å². The number of hydrogen-bond donors (Lipinski definition) is 1. The molecule has 10 heteroatoms. The van der Waals surface area contributed by atoms with Gasteiger partial charge in [0.25, 0.3) is 10.0 Å². The van der Waals surface area contributed by atoms with Gasteiger partial charge in [0.05, 0.1) is 12.2 Å². The van der Waals surface area contributed by atoms with Gasteiger partial charge in [-0.3, -0.25) is 4.79 Å². The Bertz CT molecular complexity index is 993. The summed E-state index contributed by atoms with van der Waals surface area (Å²) in [5, 5.41) is 4.74. The Balaban J connectivity index is 1.26. The molecule has 0 aromatic carbocycles. The molecule has 2 fully saturated rings. The number of rotatable bonds is 6. The number of aromatic nitrogens is 1. The minimum atomic E-state index is -3.44. The van der Waals surface area contributed by atoms with E-state index in [9.17, 15) is 13.2 Å². The molecule has 2 saturated heterocycles. The number of nitrogens with one attached hydrogen (secondary N) is 1. The summed E-state index contributed by atoms with van der Waals surface area (Å²) in [5.41, 5.74) is 0.939. The van der Waals surface area contributed by atoms with Crippen LogP contribution in [0.2, 0.25) is 0 Å². The van der Waals surface area contributed by atoms with E-state index >= 15 is 0 Å². The Labute approximate surface area is 193 Å². The third kappa shape index (κ3) is 5.31. The third-order valence-corrected chi connectivity index (χ3v) is 9.21. The van der Waals surface area contributed by atoms with E-state index in [1.165, 1.54) is 15.6 Å². The number of sulfonamides is 1. The lowest BCUT2D eigenvalue weighted by Crippen LogP contribution is -2.45. The van der Waals surface area contributed by atoms with Crippen molar-refractivity contribution in [3.63, 3.8) is 0 Å². The standard InChI is InChI=1S/C22H30N4O4S2/c1-16-14-25(15-17(2)30-16)20-6-5-18(12-23-20)13-24-22(27)19-7-9-26(10-8-19)32(28,29)21-4-3-11-31-21/h3-6,11-12,16-17,19H,7-10,13-15H2,1-2H3,(H,24,27). The number of carbonyl (C=O) groups is 1. The molecule has 2 aromatic heterocycles. The smallest absolute Gasteiger partial charge is 0.252 e. The molecule has 174 valence electrons. The van der Waals surface area contributed by atoms with Crippen LogP contribution in [-0.4, -0.2) is 62.0 Å². The van der Waals surface area contributed by atoms with Crippen LogP contribution in [0.5, 0.6) is 0 Å². The number of morpholine rings is 1. The molecule has 2 aliphatic heterocycles. The van der Waals surface area contributed by atoms with E-state index in [2.05, 4.69) is 29.0 Å². The Morgan fingerprint density at radius 3 is 2.50 bits per heavy atom. The number of thiophene rings is 1. The van der Waals surface area contributed by atoms with Crippen LogP contribution >= 0.6 is 11.3 Å². The molecule has 0 aliphatic carbocycles. The molecule has 2 aliphatic rings. The maximum atomic E-state index is 12.6. The van der Waals surface area contributed by atoms with E-state index in [1.54, 1.807) is 23.7 Å². The van der Waals surface area contributed by atoms with Gasteiger partial charge in [-0.1, -0.05) is 12.1 Å². The minimum absolute atomic E-state index is 0.0296. The second-order valence-electron chi connectivity index (χ2n) is 8.52. The van der Waals surface area contributed by atoms with Crippen molar-refractivity contribution in [1.82, 2.24) is 14.6 Å². The molecule has 32 heavy (non-hydrogen) atoms. The molecule has 1 amide bonds. The number of nitrogens with zero attached hydrogens (tertiary/aromatic N) is 3. The van der Waals surface area contributed by atoms with E-state index in [1.807, 2.05) is 12.1 Å². The summed E-state index contributed by atoms with van der Waals surface area (Å²) in [6.07, 6.45) is 3.20. The molecule has 2 unspecified atom stereocenters. The van der Waals surface area contributed by atoms with Gasteiger partial charge in [0.1, 0.15) is 10.0 Å². The molecule has 2 atom stereocenters. The fourth-order valence-electron chi connectivity index (χ4n) is 4.30. The molecular weight excluding hydrogens is 448 g/mol. The first-order valence-corrected chi connectivity index (χ1v) is 13.3. The van der Waals surface area contributed by atoms with Gasteiger partial charge in [0.15, 0.2) is 0 Å². The highest BCUT2D eigenvalue weighted by Crippen LogP contribution is 2.26. The Kier molecular flexibility index (Phi) is 7.14. The van der Waals surface area contributed by atoms with Crippen LogP contribution in [0.3, 0.4) is 0 Å². The van der Waals surface area contributed by atoms with Gasteiger partial charge >= 0.3 is 0 Å². The summed E-state index contributed by atoms with van der Waals surface area (Å²) in [5.74, 6) is 0.716. The number of amides is 1. The van der Waals surface area contributed by atoms with Gasteiger partial charge in [0.2, 0.25) is 5.91 Å². The van der Waals surface area contributed by atoms with Crippen molar-refractivity contribution in [2.45, 2.75) is 49.7 Å². The molecule has 4 heterocycles. The number of pyridine rings is 1. The van der Waals surface area contributed by atoms with Gasteiger partial charge in [-0.2, -0.15) is 4.31 Å². The maximum Gasteiger partial charge on any atom is 0.252 e. The van der Waals surface area contributed by atoms with Crippen LogP contribution < -0.4 is 10.2 Å². The lowest BCUT2D eigenvalue weighted by Gasteiger charge is -2.36. The first kappa shape index (κ1) is 23.2. The lowest BCUT2D eigenvalue weighted by molar-refractivity contribution is -0.126. The average Bonchev–Trinajstić information content (AvgIpc) is 3.33. The van der Waals surface area contributed by atoms with Crippen LogP contribution in [0.1, 0.15) is 32.3 Å². The summed E-state index contributed by atoms with van der Waals surface area (Å²) in [4.78, 5) is 19.4. The first-order valence-electron chi connectivity index (χ1n) is 11.0. The van der Waals surface area contributed by atoms with E-state index in [4.69, 9.17) is 4.74 Å². The van der Waals surface area contributed by atoms with Crippen LogP contribution in [0, 0.1) is 5.92 Å². The van der Waals surface area contributed by atoms with Gasteiger partial charge < -0.3 is 15.0 Å². The zero-order valence-corrected chi connectivity index (χ0v) is 20.1. The highest BCUT2D eigenvalue weighted by Gasteiger charge is 2.32. The molecule has 0 spiro atoms. The van der Waals surface area contributed by atoms with E-state index in [-0.39, 0.29) is 24.0 Å². The number of piperidine rings is 1. The topological polar surface area (TPSA) is 91.8 Å². The molecule has 8 nitrogen and oxygen atoms in total. The minimum Gasteiger partial charge on any atom is -0.372 e. The predicted molar refractivity (Wildman–Crippen MR) is 124 cm³/mol. The molecule has 1 N–H and O–H groups in total. The number of hydrogen-bond acceptors (Lipinski definition) is 7. The fraction of sp³-hybridized carbons (Fsp3) is 0.545. The van der Waals surface area contributed by atoms with Crippen molar-refractivity contribution in [2.75, 3.05) is 31.1 Å². The fourth-order valence-corrected chi connectivity index (χ4v) is 6.92. The second kappa shape index (κ2) is 9.86. The quantitative estimate of drug-likeness (QED) is 0.686. The molecule has 0 bridgehead atoms. The predicted octanol–water partition coefficient (Wildman–Crippen LogP) is 2.47. The largest absolute Gasteiger partial charge is 0.372 e. The molecule has 4 rings (SSSR count). The van der Waals surface area contributed by atoms with Crippen molar-refractivity contribution in [3.8, 4) is 0 Å². The van der Waals surface area contributed by atoms with Gasteiger partial charge in [0, 0.05) is 44.8 Å². The number of carbonyl (C=O) groups excluding carboxylic acids is 1. The molecule has 0 radical (unpaired) electrons. The van der Waals surface area contributed by atoms with E-state index in [0.717, 1.165) is 24.5 Å². The van der Waals surface area contributed by atoms with Crippen molar-refractivity contribution in [1.29, 1.82) is 0 Å². The van der Waals surface area contributed by atoms with E-state index in [0.29, 0.717) is 36.7 Å². The van der Waals surface area contributed by atoms with Crippen molar-refractivity contribution in [3.05, 3.63) is 41.4 Å². The van der Waals surface area contributed by atoms with Crippen LogP contribution in [0.4, 0.5) is 5.82 Å². The Morgan fingerprint density at radius 2 is 1.91 bits per heavy atom. The molecule has 0 saturated carbocycles. The normalized spacial score (nSPS) is 23.2. The van der Waals surface area contributed by atoms with Gasteiger partial charge in [-0.05, 0) is 49.8 Å². The first-order chi connectivity index (χ1) is 15.3. The van der Waals surface area contributed by atoms with Gasteiger partial charge in [-0.15, -0.1) is 11.3 Å². The summed E-state index contributed by atoms with van der Waals surface area (Å²) in [6, 6.07) is 7.34. The molecule has 2 aromatic rings. The van der Waals surface area contributed by atoms with Crippen molar-refractivity contribution in [2.24, 2.45) is 5.92 Å². The maximum absolute atomic E-state index is 12.6. The summed E-state index contributed by atoms with van der Waals surface area (Å²) in [7, 11) is -3.44. The summed E-state index contributed by atoms with van der Waals surface area (Å²) in [6.45, 7) is 6.90. The Hall–Kier alpha value is -2.01. The summed E-state index contributed by atoms with van der Waals surface area (Å²) >= 11 is 1.22. The zero-order valence-electron chi connectivity index (χ0n) is 18.4. The number of ether oxygens (including phenoxy) is 1. The second-order valence-corrected chi connectivity index (χ2v) is 11.6. The Morgan fingerprint density at radius 1 is 1.19 bits per heavy atom. The zero-order chi connectivity index (χ0) is 22.7. The highest BCUT2D eigenvalue weighted by molar-refractivity contribution is 7.91. The van der Waals surface area contributed by atoms with Crippen LogP contribution in [-0.2, 0) is 26.1 Å². The van der Waals surface area contributed by atoms with Crippen molar-refractivity contribution < 1.29 is 17.9 Å². The van der Waals surface area contributed by atoms with Crippen LogP contribution in [0.25, 0.3) is 0 Å². The van der Waals surface area contributed by atoms with Crippen LogP contribution in [0.15, 0.2) is 40.1 Å². The van der Waals surface area contributed by atoms with E-state index < -0.39 is 10.0 Å². The lowest BCUT2D eigenvalue weighted by atomic mass is 9.97. The monoisotopic (exact) mass is 478 g/mol. The highest BCUT2D eigenvalue weighted by atomic mass is 32.2. The number of anilines is 1. The average molecular weight is 479 g/mol. The third-order valence-electron chi connectivity index (χ3n) is 5.93. The molecular formula is C22H30N4O4S2. The van der Waals surface area contributed by atoms with Gasteiger partial charge in [-0.25, -0.2) is 13.4 Å². The summed E-state index contributed by atoms with van der Waals surface area (Å²) < 4.78 is 32.9. The SMILES string of the molecule is CC1CN(c2ccc(CNC(=O)C3CCN(S(=O)(=O)c4cccs4)CC3)cn2)CC(C)O1.